The van der Waals surface area contributed by atoms with Crippen LogP contribution in [0.2, 0.25) is 0 Å². The third kappa shape index (κ3) is 6.42. The van der Waals surface area contributed by atoms with E-state index in [0.29, 0.717) is 11.5 Å². The van der Waals surface area contributed by atoms with Crippen molar-refractivity contribution in [3.63, 3.8) is 0 Å². The van der Waals surface area contributed by atoms with E-state index in [4.69, 9.17) is 0 Å². The van der Waals surface area contributed by atoms with Gasteiger partial charge in [-0.3, -0.25) is 0 Å². The molecule has 1 aliphatic heterocycles. The molecule has 0 radical (unpaired) electrons. The second-order valence-corrected chi connectivity index (χ2v) is 6.99. The van der Waals surface area contributed by atoms with E-state index in [-0.39, 0.29) is 0 Å². The molecule has 1 saturated heterocycles. The quantitative estimate of drug-likeness (QED) is 0.794. The molecule has 1 unspecified atom stereocenters. The summed E-state index contributed by atoms with van der Waals surface area (Å²) in [5.74, 6) is 0.763. The molecule has 1 aliphatic rings. The van der Waals surface area contributed by atoms with Crippen LogP contribution in [0.25, 0.3) is 0 Å². The fourth-order valence-corrected chi connectivity index (χ4v) is 2.60. The van der Waals surface area contributed by atoms with Gasteiger partial charge in [0.05, 0.1) is 0 Å². The normalized spacial score (nSPS) is 23.6. The summed E-state index contributed by atoms with van der Waals surface area (Å²) in [7, 11) is 0. The Morgan fingerprint density at radius 3 is 2.47 bits per heavy atom. The van der Waals surface area contributed by atoms with Crippen molar-refractivity contribution >= 4 is 0 Å². The molecule has 1 atom stereocenters. The highest BCUT2D eigenvalue weighted by Crippen LogP contribution is 2.29. The summed E-state index contributed by atoms with van der Waals surface area (Å²) in [5, 5.41) is 3.54. The Hall–Kier alpha value is -0.0800. The molecule has 2 heteroatoms. The van der Waals surface area contributed by atoms with E-state index < -0.39 is 0 Å². The van der Waals surface area contributed by atoms with Crippen LogP contribution in [0.1, 0.15) is 53.9 Å². The summed E-state index contributed by atoms with van der Waals surface area (Å²) in [5.41, 5.74) is 0.564. The van der Waals surface area contributed by atoms with Crippen LogP contribution in [-0.4, -0.2) is 37.1 Å². The van der Waals surface area contributed by atoms with Crippen LogP contribution < -0.4 is 5.32 Å². The van der Waals surface area contributed by atoms with Gasteiger partial charge in [-0.05, 0) is 50.2 Å². The van der Waals surface area contributed by atoms with E-state index in [9.17, 15) is 0 Å². The van der Waals surface area contributed by atoms with Gasteiger partial charge >= 0.3 is 0 Å². The number of likely N-dealkylation sites (tertiary alicyclic amines) is 1. The first-order valence-corrected chi connectivity index (χ1v) is 7.35. The van der Waals surface area contributed by atoms with Gasteiger partial charge < -0.3 is 10.2 Å². The van der Waals surface area contributed by atoms with Crippen molar-refractivity contribution in [1.82, 2.24) is 10.2 Å². The van der Waals surface area contributed by atoms with Crippen molar-refractivity contribution in [3.8, 4) is 0 Å². The zero-order valence-electron chi connectivity index (χ0n) is 12.6. The lowest BCUT2D eigenvalue weighted by atomic mass is 9.85. The maximum atomic E-state index is 3.54. The molecule has 0 spiro atoms. The first kappa shape index (κ1) is 15.0. The van der Waals surface area contributed by atoms with Crippen LogP contribution in [-0.2, 0) is 0 Å². The molecule has 0 aliphatic carbocycles. The summed E-state index contributed by atoms with van der Waals surface area (Å²) in [6.45, 7) is 16.6. The van der Waals surface area contributed by atoms with Crippen LogP contribution in [0.5, 0.6) is 0 Å². The monoisotopic (exact) mass is 240 g/mol. The van der Waals surface area contributed by atoms with Gasteiger partial charge in [-0.15, -0.1) is 0 Å². The average molecular weight is 240 g/mol. The van der Waals surface area contributed by atoms with E-state index in [1.165, 1.54) is 38.9 Å². The molecular formula is C15H32N2. The minimum absolute atomic E-state index is 0.564. The van der Waals surface area contributed by atoms with Gasteiger partial charge in [0.25, 0.3) is 0 Å². The maximum absolute atomic E-state index is 3.54. The van der Waals surface area contributed by atoms with Crippen molar-refractivity contribution in [2.75, 3.05) is 26.2 Å². The minimum Gasteiger partial charge on any atom is -0.314 e. The number of hydrogen-bond donors (Lipinski definition) is 1. The standard InChI is InChI=1S/C15H32N2/c1-13(2)16-11-14(3)12-17-9-6-7-15(4,5)8-10-17/h13-14,16H,6-12H2,1-5H3. The Morgan fingerprint density at radius 2 is 1.82 bits per heavy atom. The summed E-state index contributed by atoms with van der Waals surface area (Å²) in [4.78, 5) is 2.67. The van der Waals surface area contributed by atoms with Gasteiger partial charge in [0.2, 0.25) is 0 Å². The van der Waals surface area contributed by atoms with E-state index >= 15 is 0 Å². The molecule has 2 nitrogen and oxygen atoms in total. The third-order valence-electron chi connectivity index (χ3n) is 3.88. The molecule has 1 N–H and O–H groups in total. The highest BCUT2D eigenvalue weighted by molar-refractivity contribution is 4.77. The molecule has 102 valence electrons. The molecule has 0 amide bonds. The van der Waals surface area contributed by atoms with Gasteiger partial charge in [-0.25, -0.2) is 0 Å². The lowest BCUT2D eigenvalue weighted by Gasteiger charge is -2.26. The van der Waals surface area contributed by atoms with Crippen LogP contribution in [0.4, 0.5) is 0 Å². The van der Waals surface area contributed by atoms with Crippen molar-refractivity contribution in [1.29, 1.82) is 0 Å². The number of rotatable bonds is 5. The van der Waals surface area contributed by atoms with Crippen LogP contribution >= 0.6 is 0 Å². The Labute approximate surface area is 108 Å². The van der Waals surface area contributed by atoms with Crippen molar-refractivity contribution in [3.05, 3.63) is 0 Å². The van der Waals surface area contributed by atoms with Crippen LogP contribution in [0, 0.1) is 11.3 Å². The summed E-state index contributed by atoms with van der Waals surface area (Å²) in [6, 6.07) is 0.612. The highest BCUT2D eigenvalue weighted by atomic mass is 15.1. The summed E-state index contributed by atoms with van der Waals surface area (Å²) < 4.78 is 0. The molecule has 0 aromatic heterocycles. The Kier molecular flexibility index (Phi) is 5.94. The predicted octanol–water partition coefficient (Wildman–Crippen LogP) is 3.13. The lowest BCUT2D eigenvalue weighted by Crippen LogP contribution is -2.36. The number of nitrogens with zero attached hydrogens (tertiary/aromatic N) is 1. The smallest absolute Gasteiger partial charge is 0.00191 e. The molecule has 17 heavy (non-hydrogen) atoms. The maximum Gasteiger partial charge on any atom is 0.00191 e. The SMILES string of the molecule is CC(CNC(C)C)CN1CCCC(C)(C)CC1. The van der Waals surface area contributed by atoms with Gasteiger partial charge in [-0.2, -0.15) is 0 Å². The van der Waals surface area contributed by atoms with Gasteiger partial charge in [-0.1, -0.05) is 34.6 Å². The molecule has 0 aromatic carbocycles. The number of hydrogen-bond acceptors (Lipinski definition) is 2. The molecule has 0 bridgehead atoms. The van der Waals surface area contributed by atoms with E-state index in [0.717, 1.165) is 12.5 Å². The predicted molar refractivity (Wildman–Crippen MR) is 76.4 cm³/mol. The van der Waals surface area contributed by atoms with Gasteiger partial charge in [0, 0.05) is 12.6 Å². The molecular weight excluding hydrogens is 208 g/mol. The summed E-state index contributed by atoms with van der Waals surface area (Å²) >= 11 is 0. The third-order valence-corrected chi connectivity index (χ3v) is 3.88. The van der Waals surface area contributed by atoms with Crippen molar-refractivity contribution in [2.45, 2.75) is 59.9 Å². The lowest BCUT2D eigenvalue weighted by molar-refractivity contribution is 0.229. The Morgan fingerprint density at radius 1 is 1.12 bits per heavy atom. The number of nitrogens with one attached hydrogen (secondary N) is 1. The van der Waals surface area contributed by atoms with Crippen molar-refractivity contribution < 1.29 is 0 Å². The van der Waals surface area contributed by atoms with Crippen LogP contribution in [0.15, 0.2) is 0 Å². The average Bonchev–Trinajstić information content (AvgIpc) is 2.37. The van der Waals surface area contributed by atoms with E-state index in [1.807, 2.05) is 0 Å². The fourth-order valence-electron chi connectivity index (χ4n) is 2.60. The second-order valence-electron chi connectivity index (χ2n) is 6.99. The molecule has 0 aromatic rings. The second kappa shape index (κ2) is 6.75. The van der Waals surface area contributed by atoms with Gasteiger partial charge in [0.1, 0.15) is 0 Å². The zero-order valence-corrected chi connectivity index (χ0v) is 12.6. The molecule has 1 heterocycles. The molecule has 1 rings (SSSR count). The summed E-state index contributed by atoms with van der Waals surface area (Å²) in [6.07, 6.45) is 4.12. The van der Waals surface area contributed by atoms with Crippen LogP contribution in [0.3, 0.4) is 0 Å². The first-order chi connectivity index (χ1) is 7.89. The largest absolute Gasteiger partial charge is 0.314 e. The highest BCUT2D eigenvalue weighted by Gasteiger charge is 2.23. The zero-order chi connectivity index (χ0) is 12.9. The van der Waals surface area contributed by atoms with Gasteiger partial charge in [0.15, 0.2) is 0 Å². The topological polar surface area (TPSA) is 15.3 Å². The molecule has 1 fully saturated rings. The van der Waals surface area contributed by atoms with Crippen molar-refractivity contribution in [2.24, 2.45) is 11.3 Å². The molecule has 0 saturated carbocycles. The fraction of sp³-hybridized carbons (Fsp3) is 1.00. The first-order valence-electron chi connectivity index (χ1n) is 7.35. The van der Waals surface area contributed by atoms with E-state index in [1.54, 1.807) is 0 Å². The Bertz CT molecular complexity index is 211. The van der Waals surface area contributed by atoms with E-state index in [2.05, 4.69) is 44.8 Å². The Balaban J connectivity index is 2.26. The minimum atomic E-state index is 0.564.